The molecule has 1 unspecified atom stereocenters. The van der Waals surface area contributed by atoms with Crippen LogP contribution >= 0.6 is 27.5 Å². The average Bonchev–Trinajstić information content (AvgIpc) is 2.43. The second-order valence-corrected chi connectivity index (χ2v) is 5.54. The smallest absolute Gasteiger partial charge is 0.244 e. The van der Waals surface area contributed by atoms with E-state index in [1.54, 1.807) is 18.2 Å². The van der Waals surface area contributed by atoms with Crippen LogP contribution in [0, 0.1) is 11.6 Å². The summed E-state index contributed by atoms with van der Waals surface area (Å²) in [6.45, 7) is 0. The molecular formula is C14H10BrClF2N2O. The first-order valence-corrected chi connectivity index (χ1v) is 7.01. The van der Waals surface area contributed by atoms with Crippen LogP contribution in [0.1, 0.15) is 11.6 Å². The Kier molecular flexibility index (Phi) is 4.80. The Bertz CT molecular complexity index is 697. The molecule has 0 aliphatic rings. The van der Waals surface area contributed by atoms with Crippen molar-refractivity contribution < 1.29 is 13.6 Å². The Hall–Kier alpha value is -1.66. The molecule has 0 fully saturated rings. The minimum absolute atomic E-state index is 0.229. The number of hydrogen-bond acceptors (Lipinski definition) is 2. The molecule has 0 spiro atoms. The molecule has 2 aromatic rings. The number of nitrogens with two attached hydrogens (primary N) is 1. The summed E-state index contributed by atoms with van der Waals surface area (Å²) in [5, 5.41) is 3.36. The molecule has 0 heterocycles. The van der Waals surface area contributed by atoms with Crippen LogP contribution in [0.2, 0.25) is 5.02 Å². The van der Waals surface area contributed by atoms with E-state index in [1.807, 2.05) is 0 Å². The average molecular weight is 376 g/mol. The standard InChI is InChI=1S/C14H10BrClF2N2O/c15-9-6-8(2-3-10(9)16)20-13(14(19)21)7-1-4-11(17)12(18)5-7/h1-6,13,20H,(H2,19,21). The molecule has 0 radical (unpaired) electrons. The van der Waals surface area contributed by atoms with Crippen molar-refractivity contribution in [2.45, 2.75) is 6.04 Å². The van der Waals surface area contributed by atoms with E-state index >= 15 is 0 Å². The zero-order valence-electron chi connectivity index (χ0n) is 10.5. The first-order valence-electron chi connectivity index (χ1n) is 5.84. The second-order valence-electron chi connectivity index (χ2n) is 4.28. The summed E-state index contributed by atoms with van der Waals surface area (Å²) in [7, 11) is 0. The van der Waals surface area contributed by atoms with E-state index in [9.17, 15) is 13.6 Å². The van der Waals surface area contributed by atoms with E-state index < -0.39 is 23.6 Å². The third-order valence-electron chi connectivity index (χ3n) is 2.79. The number of carbonyl (C=O) groups is 1. The highest BCUT2D eigenvalue weighted by Gasteiger charge is 2.19. The SMILES string of the molecule is NC(=O)C(Nc1ccc(Cl)c(Br)c1)c1ccc(F)c(F)c1. The van der Waals surface area contributed by atoms with E-state index in [2.05, 4.69) is 21.2 Å². The highest BCUT2D eigenvalue weighted by molar-refractivity contribution is 9.10. The van der Waals surface area contributed by atoms with Crippen LogP contribution < -0.4 is 11.1 Å². The number of primary amides is 1. The Morgan fingerprint density at radius 3 is 2.48 bits per heavy atom. The Balaban J connectivity index is 2.32. The Morgan fingerprint density at radius 2 is 1.90 bits per heavy atom. The van der Waals surface area contributed by atoms with Crippen molar-refractivity contribution in [2.75, 3.05) is 5.32 Å². The lowest BCUT2D eigenvalue weighted by Crippen LogP contribution is -2.27. The van der Waals surface area contributed by atoms with Gasteiger partial charge in [-0.3, -0.25) is 4.79 Å². The van der Waals surface area contributed by atoms with Crippen LogP contribution in [0.25, 0.3) is 0 Å². The van der Waals surface area contributed by atoms with E-state index in [0.717, 1.165) is 12.1 Å². The monoisotopic (exact) mass is 374 g/mol. The number of anilines is 1. The van der Waals surface area contributed by atoms with Crippen molar-refractivity contribution >= 4 is 39.1 Å². The second kappa shape index (κ2) is 6.41. The molecule has 110 valence electrons. The van der Waals surface area contributed by atoms with Crippen molar-refractivity contribution in [2.24, 2.45) is 5.73 Å². The van der Waals surface area contributed by atoms with Crippen molar-refractivity contribution in [3.8, 4) is 0 Å². The van der Waals surface area contributed by atoms with E-state index in [1.165, 1.54) is 6.07 Å². The van der Waals surface area contributed by atoms with Gasteiger partial charge in [0.1, 0.15) is 6.04 Å². The number of nitrogens with one attached hydrogen (secondary N) is 1. The molecule has 3 nitrogen and oxygen atoms in total. The largest absolute Gasteiger partial charge is 0.370 e. The van der Waals surface area contributed by atoms with Gasteiger partial charge in [-0.25, -0.2) is 8.78 Å². The van der Waals surface area contributed by atoms with Crippen LogP contribution in [0.15, 0.2) is 40.9 Å². The van der Waals surface area contributed by atoms with Gasteiger partial charge in [0.2, 0.25) is 5.91 Å². The maximum atomic E-state index is 13.3. The molecule has 1 atom stereocenters. The van der Waals surface area contributed by atoms with Gasteiger partial charge in [-0.15, -0.1) is 0 Å². The molecule has 2 rings (SSSR count). The molecule has 0 saturated carbocycles. The predicted octanol–water partition coefficient (Wildman–Crippen LogP) is 4.02. The topological polar surface area (TPSA) is 55.1 Å². The highest BCUT2D eigenvalue weighted by atomic mass is 79.9. The molecule has 2 aromatic carbocycles. The number of halogens is 4. The highest BCUT2D eigenvalue weighted by Crippen LogP contribution is 2.28. The number of hydrogen-bond donors (Lipinski definition) is 2. The normalized spacial score (nSPS) is 12.0. The fourth-order valence-corrected chi connectivity index (χ4v) is 2.26. The van der Waals surface area contributed by atoms with Crippen LogP contribution in [-0.2, 0) is 4.79 Å². The predicted molar refractivity (Wildman–Crippen MR) is 81.1 cm³/mol. The zero-order valence-corrected chi connectivity index (χ0v) is 12.9. The number of benzene rings is 2. The van der Waals surface area contributed by atoms with Crippen molar-refractivity contribution in [3.05, 3.63) is 63.1 Å². The molecule has 1 amide bonds. The van der Waals surface area contributed by atoms with Crippen LogP contribution in [0.5, 0.6) is 0 Å². The van der Waals surface area contributed by atoms with E-state index in [0.29, 0.717) is 15.2 Å². The van der Waals surface area contributed by atoms with Crippen LogP contribution in [0.3, 0.4) is 0 Å². The number of carbonyl (C=O) groups excluding carboxylic acids is 1. The van der Waals surface area contributed by atoms with E-state index in [4.69, 9.17) is 17.3 Å². The number of rotatable bonds is 4. The van der Waals surface area contributed by atoms with Crippen molar-refractivity contribution in [3.63, 3.8) is 0 Å². The van der Waals surface area contributed by atoms with Gasteiger partial charge >= 0.3 is 0 Å². The minimum atomic E-state index is -1.04. The van der Waals surface area contributed by atoms with Crippen molar-refractivity contribution in [1.82, 2.24) is 0 Å². The van der Waals surface area contributed by atoms with Gasteiger partial charge < -0.3 is 11.1 Å². The fourth-order valence-electron chi connectivity index (χ4n) is 1.76. The molecule has 0 aliphatic heterocycles. The van der Waals surface area contributed by atoms with Gasteiger partial charge in [0.15, 0.2) is 11.6 Å². The Morgan fingerprint density at radius 1 is 1.19 bits per heavy atom. The summed E-state index contributed by atoms with van der Waals surface area (Å²) in [4.78, 5) is 11.6. The molecule has 7 heteroatoms. The fraction of sp³-hybridized carbons (Fsp3) is 0.0714. The van der Waals surface area contributed by atoms with Gasteiger partial charge in [-0.05, 0) is 51.8 Å². The summed E-state index contributed by atoms with van der Waals surface area (Å²) < 4.78 is 26.9. The lowest BCUT2D eigenvalue weighted by atomic mass is 10.1. The van der Waals surface area contributed by atoms with Crippen molar-refractivity contribution in [1.29, 1.82) is 0 Å². The first-order chi connectivity index (χ1) is 9.88. The quantitative estimate of drug-likeness (QED) is 0.848. The summed E-state index contributed by atoms with van der Waals surface area (Å²) in [6.07, 6.45) is 0. The van der Waals surface area contributed by atoms with Gasteiger partial charge in [0.25, 0.3) is 0 Å². The van der Waals surface area contributed by atoms with E-state index in [-0.39, 0.29) is 5.56 Å². The van der Waals surface area contributed by atoms with Gasteiger partial charge in [-0.2, -0.15) is 0 Å². The molecule has 21 heavy (non-hydrogen) atoms. The molecule has 0 aromatic heterocycles. The lowest BCUT2D eigenvalue weighted by Gasteiger charge is -2.17. The molecule has 0 saturated heterocycles. The minimum Gasteiger partial charge on any atom is -0.370 e. The van der Waals surface area contributed by atoms with Gasteiger partial charge in [0, 0.05) is 10.2 Å². The van der Waals surface area contributed by atoms with Crippen LogP contribution in [0.4, 0.5) is 14.5 Å². The molecular weight excluding hydrogens is 366 g/mol. The molecule has 0 aliphatic carbocycles. The number of amides is 1. The van der Waals surface area contributed by atoms with Gasteiger partial charge in [0.05, 0.1) is 5.02 Å². The lowest BCUT2D eigenvalue weighted by molar-refractivity contribution is -0.118. The summed E-state index contributed by atoms with van der Waals surface area (Å²) in [6, 6.07) is 7.10. The third-order valence-corrected chi connectivity index (χ3v) is 4.01. The zero-order chi connectivity index (χ0) is 15.6. The maximum Gasteiger partial charge on any atom is 0.244 e. The summed E-state index contributed by atoms with van der Waals surface area (Å²) >= 11 is 9.13. The molecule has 3 N–H and O–H groups in total. The van der Waals surface area contributed by atoms with Gasteiger partial charge in [-0.1, -0.05) is 17.7 Å². The first kappa shape index (κ1) is 15.7. The third kappa shape index (κ3) is 3.71. The van der Waals surface area contributed by atoms with Crippen LogP contribution in [-0.4, -0.2) is 5.91 Å². The summed E-state index contributed by atoms with van der Waals surface area (Å²) in [5.74, 6) is -2.75. The summed E-state index contributed by atoms with van der Waals surface area (Å²) in [5.41, 5.74) is 6.10. The molecule has 0 bridgehead atoms. The Labute approximate surface area is 133 Å². The maximum absolute atomic E-state index is 13.3.